The van der Waals surface area contributed by atoms with E-state index >= 15 is 0 Å². The van der Waals surface area contributed by atoms with Gasteiger partial charge in [-0.2, -0.15) is 0 Å². The first kappa shape index (κ1) is 10.1. The summed E-state index contributed by atoms with van der Waals surface area (Å²) in [6.07, 6.45) is 0. The molecule has 0 saturated carbocycles. The van der Waals surface area contributed by atoms with Crippen molar-refractivity contribution in [3.05, 3.63) is 46.4 Å². The molecule has 1 aromatic carbocycles. The van der Waals surface area contributed by atoms with Gasteiger partial charge in [0.2, 0.25) is 0 Å². The lowest BCUT2D eigenvalue weighted by Gasteiger charge is -2.00. The van der Waals surface area contributed by atoms with E-state index in [1.54, 1.807) is 19.1 Å². The standard InChI is InChI=1S/C12H9FOS/c1-8(14)12-11(6-7-15-12)9-2-4-10(13)5-3-9/h2-7H,1H3. The molecule has 15 heavy (non-hydrogen) atoms. The lowest BCUT2D eigenvalue weighted by molar-refractivity contribution is 0.102. The first-order valence-corrected chi connectivity index (χ1v) is 5.41. The molecule has 0 spiro atoms. The lowest BCUT2D eigenvalue weighted by Crippen LogP contribution is -1.90. The predicted octanol–water partition coefficient (Wildman–Crippen LogP) is 3.76. The molecule has 0 radical (unpaired) electrons. The Kier molecular flexibility index (Phi) is 2.64. The van der Waals surface area contributed by atoms with Gasteiger partial charge >= 0.3 is 0 Å². The van der Waals surface area contributed by atoms with Crippen LogP contribution in [0.5, 0.6) is 0 Å². The number of rotatable bonds is 2. The molecule has 1 aromatic heterocycles. The summed E-state index contributed by atoms with van der Waals surface area (Å²) in [5, 5.41) is 1.87. The van der Waals surface area contributed by atoms with Crippen LogP contribution in [0.3, 0.4) is 0 Å². The van der Waals surface area contributed by atoms with E-state index in [-0.39, 0.29) is 11.6 Å². The van der Waals surface area contributed by atoms with Crippen LogP contribution in [-0.4, -0.2) is 5.78 Å². The van der Waals surface area contributed by atoms with Crippen LogP contribution in [0, 0.1) is 5.82 Å². The highest BCUT2D eigenvalue weighted by Crippen LogP contribution is 2.28. The van der Waals surface area contributed by atoms with Crippen LogP contribution in [0.1, 0.15) is 16.6 Å². The number of carbonyl (C=O) groups excluding carboxylic acids is 1. The number of hydrogen-bond donors (Lipinski definition) is 0. The number of hydrogen-bond acceptors (Lipinski definition) is 2. The van der Waals surface area contributed by atoms with Crippen molar-refractivity contribution in [2.75, 3.05) is 0 Å². The maximum Gasteiger partial charge on any atom is 0.170 e. The maximum absolute atomic E-state index is 12.7. The van der Waals surface area contributed by atoms with Gasteiger partial charge in [-0.3, -0.25) is 4.79 Å². The first-order valence-electron chi connectivity index (χ1n) is 4.53. The molecule has 0 atom stereocenters. The Bertz CT molecular complexity index is 485. The van der Waals surface area contributed by atoms with Crippen molar-refractivity contribution in [3.8, 4) is 11.1 Å². The molecule has 0 unspecified atom stereocenters. The van der Waals surface area contributed by atoms with Gasteiger partial charge in [-0.1, -0.05) is 12.1 Å². The van der Waals surface area contributed by atoms with Crippen LogP contribution in [0.15, 0.2) is 35.7 Å². The fourth-order valence-corrected chi connectivity index (χ4v) is 2.26. The molecule has 0 aliphatic rings. The Morgan fingerprint density at radius 1 is 1.20 bits per heavy atom. The van der Waals surface area contributed by atoms with Crippen LogP contribution >= 0.6 is 11.3 Å². The zero-order chi connectivity index (χ0) is 10.8. The minimum atomic E-state index is -0.265. The fourth-order valence-electron chi connectivity index (χ4n) is 1.44. The molecule has 1 nitrogen and oxygen atoms in total. The van der Waals surface area contributed by atoms with E-state index in [2.05, 4.69) is 0 Å². The molecule has 0 amide bonds. The molecule has 0 N–H and O–H groups in total. The minimum Gasteiger partial charge on any atom is -0.294 e. The summed E-state index contributed by atoms with van der Waals surface area (Å²) in [7, 11) is 0. The topological polar surface area (TPSA) is 17.1 Å². The van der Waals surface area contributed by atoms with E-state index in [0.29, 0.717) is 0 Å². The molecule has 0 bridgehead atoms. The van der Waals surface area contributed by atoms with Crippen LogP contribution in [0.2, 0.25) is 0 Å². The highest BCUT2D eigenvalue weighted by Gasteiger charge is 2.10. The second-order valence-corrected chi connectivity index (χ2v) is 4.14. The zero-order valence-corrected chi connectivity index (χ0v) is 8.98. The molecule has 0 fully saturated rings. The van der Waals surface area contributed by atoms with Crippen LogP contribution < -0.4 is 0 Å². The third-order valence-corrected chi connectivity index (χ3v) is 3.16. The number of ketones is 1. The molecule has 3 heteroatoms. The minimum absolute atomic E-state index is 0.0457. The van der Waals surface area contributed by atoms with E-state index < -0.39 is 0 Å². The molecule has 2 aromatic rings. The summed E-state index contributed by atoms with van der Waals surface area (Å²) in [6.45, 7) is 1.54. The van der Waals surface area contributed by atoms with Gasteiger partial charge in [0, 0.05) is 5.56 Å². The number of halogens is 1. The fraction of sp³-hybridized carbons (Fsp3) is 0.0833. The maximum atomic E-state index is 12.7. The van der Waals surface area contributed by atoms with Crippen molar-refractivity contribution < 1.29 is 9.18 Å². The Hall–Kier alpha value is -1.48. The number of benzene rings is 1. The molecular formula is C12H9FOS. The Balaban J connectivity index is 2.49. The van der Waals surface area contributed by atoms with Gasteiger partial charge in [0.1, 0.15) is 5.82 Å². The summed E-state index contributed by atoms with van der Waals surface area (Å²) in [5.41, 5.74) is 1.76. The highest BCUT2D eigenvalue weighted by atomic mass is 32.1. The SMILES string of the molecule is CC(=O)c1sccc1-c1ccc(F)cc1. The second kappa shape index (κ2) is 3.95. The van der Waals surface area contributed by atoms with Crippen LogP contribution in [0.25, 0.3) is 11.1 Å². The van der Waals surface area contributed by atoms with E-state index in [4.69, 9.17) is 0 Å². The Labute approximate surface area is 91.2 Å². The van der Waals surface area contributed by atoms with Gasteiger partial charge in [-0.25, -0.2) is 4.39 Å². The number of carbonyl (C=O) groups is 1. The molecule has 1 heterocycles. The second-order valence-electron chi connectivity index (χ2n) is 3.23. The van der Waals surface area contributed by atoms with Gasteiger partial charge < -0.3 is 0 Å². The number of Topliss-reactive ketones (excluding diaryl/α,β-unsaturated/α-hetero) is 1. The summed E-state index contributed by atoms with van der Waals surface area (Å²) >= 11 is 1.41. The van der Waals surface area contributed by atoms with Crippen molar-refractivity contribution >= 4 is 17.1 Å². The zero-order valence-electron chi connectivity index (χ0n) is 8.16. The smallest absolute Gasteiger partial charge is 0.170 e. The largest absolute Gasteiger partial charge is 0.294 e. The van der Waals surface area contributed by atoms with E-state index in [0.717, 1.165) is 16.0 Å². The Morgan fingerprint density at radius 3 is 2.47 bits per heavy atom. The quantitative estimate of drug-likeness (QED) is 0.704. The first-order chi connectivity index (χ1) is 7.18. The van der Waals surface area contributed by atoms with E-state index in [1.807, 2.05) is 11.4 Å². The average Bonchev–Trinajstić information content (AvgIpc) is 2.67. The van der Waals surface area contributed by atoms with Crippen molar-refractivity contribution in [3.63, 3.8) is 0 Å². The van der Waals surface area contributed by atoms with E-state index in [1.165, 1.54) is 23.5 Å². The average molecular weight is 220 g/mol. The lowest BCUT2D eigenvalue weighted by atomic mass is 10.1. The van der Waals surface area contributed by atoms with Gasteiger partial charge in [0.25, 0.3) is 0 Å². The highest BCUT2D eigenvalue weighted by molar-refractivity contribution is 7.12. The Morgan fingerprint density at radius 2 is 1.87 bits per heavy atom. The monoisotopic (exact) mass is 220 g/mol. The molecule has 0 aliphatic heterocycles. The van der Waals surface area contributed by atoms with Gasteiger partial charge in [0.05, 0.1) is 4.88 Å². The van der Waals surface area contributed by atoms with Gasteiger partial charge in [-0.15, -0.1) is 11.3 Å². The van der Waals surface area contributed by atoms with Gasteiger partial charge in [0.15, 0.2) is 5.78 Å². The van der Waals surface area contributed by atoms with Crippen molar-refractivity contribution in [2.24, 2.45) is 0 Å². The molecule has 0 saturated heterocycles. The normalized spacial score (nSPS) is 10.3. The van der Waals surface area contributed by atoms with Crippen LogP contribution in [-0.2, 0) is 0 Å². The summed E-state index contributed by atoms with van der Waals surface area (Å²) < 4.78 is 12.7. The van der Waals surface area contributed by atoms with Crippen molar-refractivity contribution in [2.45, 2.75) is 6.92 Å². The predicted molar refractivity (Wildman–Crippen MR) is 59.7 cm³/mol. The molecular weight excluding hydrogens is 211 g/mol. The number of thiophene rings is 1. The molecule has 0 aliphatic carbocycles. The molecule has 2 rings (SSSR count). The summed E-state index contributed by atoms with van der Waals surface area (Å²) in [5.74, 6) is -0.220. The van der Waals surface area contributed by atoms with Crippen LogP contribution in [0.4, 0.5) is 4.39 Å². The van der Waals surface area contributed by atoms with Gasteiger partial charge in [-0.05, 0) is 36.1 Å². The summed E-state index contributed by atoms with van der Waals surface area (Å²) in [4.78, 5) is 12.0. The van der Waals surface area contributed by atoms with Crippen molar-refractivity contribution in [1.29, 1.82) is 0 Å². The third kappa shape index (κ3) is 1.97. The summed E-state index contributed by atoms with van der Waals surface area (Å²) in [6, 6.07) is 8.05. The van der Waals surface area contributed by atoms with E-state index in [9.17, 15) is 9.18 Å². The third-order valence-electron chi connectivity index (χ3n) is 2.14. The van der Waals surface area contributed by atoms with Crippen molar-refractivity contribution in [1.82, 2.24) is 0 Å². The molecule has 76 valence electrons.